The van der Waals surface area contributed by atoms with E-state index in [1.54, 1.807) is 7.11 Å². The van der Waals surface area contributed by atoms with Gasteiger partial charge in [-0.2, -0.15) is 0 Å². The number of ether oxygens (including phenoxy) is 2. The van der Waals surface area contributed by atoms with Crippen LogP contribution in [0.3, 0.4) is 0 Å². The van der Waals surface area contributed by atoms with Crippen LogP contribution in [0.2, 0.25) is 0 Å². The number of carbonyl (C=O) groups excluding carboxylic acids is 1. The average Bonchev–Trinajstić information content (AvgIpc) is 3.17. The summed E-state index contributed by atoms with van der Waals surface area (Å²) in [7, 11) is 1.69. The molecule has 1 N–H and O–H groups in total. The number of hydrogen-bond acceptors (Lipinski definition) is 4. The van der Waals surface area contributed by atoms with Gasteiger partial charge in [0.1, 0.15) is 0 Å². The number of nitrogens with zero attached hydrogens (tertiary/aromatic N) is 1. The topological polar surface area (TPSA) is 50.8 Å². The molecule has 0 aliphatic carbocycles. The van der Waals surface area contributed by atoms with Crippen molar-refractivity contribution in [1.82, 2.24) is 10.2 Å². The van der Waals surface area contributed by atoms with Crippen molar-refractivity contribution >= 4 is 5.91 Å². The second-order valence-corrected chi connectivity index (χ2v) is 6.74. The Morgan fingerprint density at radius 1 is 1.35 bits per heavy atom. The number of hydrogen-bond donors (Lipinski definition) is 1. The Labute approximate surface area is 137 Å². The lowest BCUT2D eigenvalue weighted by Gasteiger charge is -2.21. The van der Waals surface area contributed by atoms with Gasteiger partial charge in [-0.3, -0.25) is 9.69 Å². The summed E-state index contributed by atoms with van der Waals surface area (Å²) in [4.78, 5) is 14.5. The van der Waals surface area contributed by atoms with Gasteiger partial charge in [0.15, 0.2) is 0 Å². The predicted octanol–water partition coefficient (Wildman–Crippen LogP) is 1.56. The van der Waals surface area contributed by atoms with Gasteiger partial charge in [-0.25, -0.2) is 0 Å². The zero-order chi connectivity index (χ0) is 16.1. The molecule has 126 valence electrons. The minimum absolute atomic E-state index is 0.0909. The second-order valence-electron chi connectivity index (χ2n) is 6.74. The summed E-state index contributed by atoms with van der Waals surface area (Å²) >= 11 is 0. The Bertz CT molecular complexity index is 541. The minimum Gasteiger partial charge on any atom is -0.381 e. The zero-order valence-electron chi connectivity index (χ0n) is 13.8. The highest BCUT2D eigenvalue weighted by Gasteiger charge is 2.41. The molecule has 1 aromatic carbocycles. The Morgan fingerprint density at radius 3 is 2.91 bits per heavy atom. The molecule has 0 bridgehead atoms. The molecule has 1 aromatic rings. The van der Waals surface area contributed by atoms with Gasteiger partial charge in [-0.15, -0.1) is 0 Å². The van der Waals surface area contributed by atoms with Gasteiger partial charge in [0.2, 0.25) is 5.91 Å². The van der Waals surface area contributed by atoms with Crippen LogP contribution in [0.15, 0.2) is 24.3 Å². The molecule has 1 atom stereocenters. The molecule has 2 aliphatic heterocycles. The lowest BCUT2D eigenvalue weighted by atomic mass is 9.87. The molecule has 2 saturated heterocycles. The summed E-state index contributed by atoms with van der Waals surface area (Å²) in [5.41, 5.74) is 2.55. The number of amides is 1. The normalized spacial score (nSPS) is 24.4. The third-order valence-electron chi connectivity index (χ3n) is 4.96. The van der Waals surface area contributed by atoms with Crippen LogP contribution < -0.4 is 5.32 Å². The number of likely N-dealkylation sites (tertiary alicyclic amines) is 1. The van der Waals surface area contributed by atoms with Crippen LogP contribution in [0.4, 0.5) is 0 Å². The first-order valence-corrected chi connectivity index (χ1v) is 8.33. The van der Waals surface area contributed by atoms with Gasteiger partial charge in [0, 0.05) is 32.2 Å². The van der Waals surface area contributed by atoms with Gasteiger partial charge in [-0.1, -0.05) is 24.3 Å². The number of methoxy groups -OCH3 is 1. The van der Waals surface area contributed by atoms with E-state index in [0.29, 0.717) is 25.1 Å². The molecule has 0 radical (unpaired) electrons. The third kappa shape index (κ3) is 4.10. The van der Waals surface area contributed by atoms with Gasteiger partial charge in [0.25, 0.3) is 0 Å². The predicted molar refractivity (Wildman–Crippen MR) is 87.9 cm³/mol. The SMILES string of the molecule is COCc1ccccc1CNC(=O)CN1CC[C@@]2(CCOC2)C1. The molecule has 1 amide bonds. The largest absolute Gasteiger partial charge is 0.381 e. The molecule has 2 heterocycles. The van der Waals surface area contributed by atoms with E-state index in [1.807, 2.05) is 24.3 Å². The molecule has 2 fully saturated rings. The van der Waals surface area contributed by atoms with Gasteiger partial charge in [0.05, 0.1) is 19.8 Å². The minimum atomic E-state index is 0.0909. The zero-order valence-corrected chi connectivity index (χ0v) is 13.8. The molecule has 5 heteroatoms. The molecule has 1 spiro atoms. The molecule has 0 aromatic heterocycles. The number of benzene rings is 1. The third-order valence-corrected chi connectivity index (χ3v) is 4.96. The van der Waals surface area contributed by atoms with Crippen LogP contribution in [0, 0.1) is 5.41 Å². The first kappa shape index (κ1) is 16.4. The van der Waals surface area contributed by atoms with Crippen molar-refractivity contribution in [3.8, 4) is 0 Å². The summed E-state index contributed by atoms with van der Waals surface area (Å²) in [5, 5.41) is 3.04. The number of nitrogens with one attached hydrogen (secondary N) is 1. The summed E-state index contributed by atoms with van der Waals surface area (Å²) in [6, 6.07) is 8.06. The maximum atomic E-state index is 12.2. The fourth-order valence-electron chi connectivity index (χ4n) is 3.61. The van der Waals surface area contributed by atoms with E-state index in [-0.39, 0.29) is 5.91 Å². The van der Waals surface area contributed by atoms with E-state index < -0.39 is 0 Å². The maximum absolute atomic E-state index is 12.2. The molecular formula is C18H26N2O3. The van der Waals surface area contributed by atoms with Gasteiger partial charge < -0.3 is 14.8 Å². The molecule has 5 nitrogen and oxygen atoms in total. The second kappa shape index (κ2) is 7.43. The number of rotatable bonds is 6. The Kier molecular flexibility index (Phi) is 5.30. The molecule has 2 aliphatic rings. The highest BCUT2D eigenvalue weighted by Crippen LogP contribution is 2.37. The van der Waals surface area contributed by atoms with E-state index >= 15 is 0 Å². The molecule has 3 rings (SSSR count). The van der Waals surface area contributed by atoms with Crippen LogP contribution in [-0.2, 0) is 27.4 Å². The van der Waals surface area contributed by atoms with Crippen molar-refractivity contribution in [3.63, 3.8) is 0 Å². The molecule has 0 saturated carbocycles. The van der Waals surface area contributed by atoms with E-state index in [9.17, 15) is 4.79 Å². The van der Waals surface area contributed by atoms with Crippen molar-refractivity contribution in [2.45, 2.75) is 26.0 Å². The monoisotopic (exact) mass is 318 g/mol. The van der Waals surface area contributed by atoms with Crippen LogP contribution >= 0.6 is 0 Å². The van der Waals surface area contributed by atoms with E-state index in [4.69, 9.17) is 9.47 Å². The lowest BCUT2D eigenvalue weighted by Crippen LogP contribution is -2.37. The summed E-state index contributed by atoms with van der Waals surface area (Å²) in [6.07, 6.45) is 2.28. The summed E-state index contributed by atoms with van der Waals surface area (Å²) in [6.45, 7) is 5.32. The van der Waals surface area contributed by atoms with E-state index in [0.717, 1.165) is 50.3 Å². The van der Waals surface area contributed by atoms with Crippen LogP contribution in [0.25, 0.3) is 0 Å². The first-order valence-electron chi connectivity index (χ1n) is 8.33. The highest BCUT2D eigenvalue weighted by atomic mass is 16.5. The Balaban J connectivity index is 1.47. The lowest BCUT2D eigenvalue weighted by molar-refractivity contribution is -0.122. The average molecular weight is 318 g/mol. The van der Waals surface area contributed by atoms with Crippen LogP contribution in [-0.4, -0.2) is 50.8 Å². The van der Waals surface area contributed by atoms with Crippen molar-refractivity contribution in [2.24, 2.45) is 5.41 Å². The number of carbonyl (C=O) groups is 1. The maximum Gasteiger partial charge on any atom is 0.234 e. The van der Waals surface area contributed by atoms with Crippen LogP contribution in [0.5, 0.6) is 0 Å². The standard InChI is InChI=1S/C18H26N2O3/c1-22-12-16-5-3-2-4-15(16)10-19-17(21)11-20-8-6-18(13-20)7-9-23-14-18/h2-5H,6-14H2,1H3,(H,19,21)/t18-/m1/s1. The van der Waals surface area contributed by atoms with Crippen molar-refractivity contribution in [1.29, 1.82) is 0 Å². The van der Waals surface area contributed by atoms with Gasteiger partial charge in [-0.05, 0) is 30.5 Å². The smallest absolute Gasteiger partial charge is 0.234 e. The Hall–Kier alpha value is -1.43. The van der Waals surface area contributed by atoms with Crippen molar-refractivity contribution in [3.05, 3.63) is 35.4 Å². The first-order chi connectivity index (χ1) is 11.2. The van der Waals surface area contributed by atoms with Crippen molar-refractivity contribution < 1.29 is 14.3 Å². The van der Waals surface area contributed by atoms with Gasteiger partial charge >= 0.3 is 0 Å². The van der Waals surface area contributed by atoms with Crippen molar-refractivity contribution in [2.75, 3.05) is 40.0 Å². The van der Waals surface area contributed by atoms with E-state index in [2.05, 4.69) is 10.2 Å². The molecular weight excluding hydrogens is 292 g/mol. The summed E-state index contributed by atoms with van der Waals surface area (Å²) in [5.74, 6) is 0.0909. The quantitative estimate of drug-likeness (QED) is 0.865. The fraction of sp³-hybridized carbons (Fsp3) is 0.611. The fourth-order valence-corrected chi connectivity index (χ4v) is 3.61. The van der Waals surface area contributed by atoms with Crippen LogP contribution in [0.1, 0.15) is 24.0 Å². The molecule has 23 heavy (non-hydrogen) atoms. The van der Waals surface area contributed by atoms with E-state index in [1.165, 1.54) is 0 Å². The highest BCUT2D eigenvalue weighted by molar-refractivity contribution is 5.78. The molecule has 0 unspecified atom stereocenters. The Morgan fingerprint density at radius 2 is 2.17 bits per heavy atom. The summed E-state index contributed by atoms with van der Waals surface area (Å²) < 4.78 is 10.7.